The smallest absolute Gasteiger partial charge is 0.267 e. The summed E-state index contributed by atoms with van der Waals surface area (Å²) in [5.41, 5.74) is 0.204. The predicted molar refractivity (Wildman–Crippen MR) is 93.2 cm³/mol. The van der Waals surface area contributed by atoms with E-state index in [1.54, 1.807) is 24.3 Å². The summed E-state index contributed by atoms with van der Waals surface area (Å²) in [6.07, 6.45) is 2.74. The summed E-state index contributed by atoms with van der Waals surface area (Å²) in [7, 11) is 1.46. The second-order valence-electron chi connectivity index (χ2n) is 4.47. The highest BCUT2D eigenvalue weighted by atomic mass is 35.5. The molecule has 122 valence electrons. The number of rotatable bonds is 5. The van der Waals surface area contributed by atoms with Crippen molar-refractivity contribution in [2.24, 2.45) is 0 Å². The second-order valence-corrected chi connectivity index (χ2v) is 5.35. The fourth-order valence-corrected chi connectivity index (χ4v) is 2.08. The van der Waals surface area contributed by atoms with Crippen LogP contribution < -0.4 is 15.4 Å². The molecule has 0 bridgehead atoms. The predicted octanol–water partition coefficient (Wildman–Crippen LogP) is 3.86. The number of nitrogens with one attached hydrogen (secondary N) is 2. The minimum atomic E-state index is -0.618. The van der Waals surface area contributed by atoms with E-state index >= 15 is 0 Å². The Labute approximate surface area is 148 Å². The fourth-order valence-electron chi connectivity index (χ4n) is 1.75. The van der Waals surface area contributed by atoms with Crippen molar-refractivity contribution in [2.75, 3.05) is 17.7 Å². The number of pyridine rings is 1. The topological polar surface area (TPSA) is 87.0 Å². The number of hydrogen-bond donors (Lipinski definition) is 2. The number of carbonyl (C=O) groups excluding carboxylic acids is 1. The van der Waals surface area contributed by atoms with Crippen LogP contribution in [0.15, 0.2) is 48.3 Å². The van der Waals surface area contributed by atoms with Crippen LogP contribution in [-0.2, 0) is 4.79 Å². The summed E-state index contributed by atoms with van der Waals surface area (Å²) in [5, 5.41) is 15.4. The van der Waals surface area contributed by atoms with Crippen LogP contribution in [-0.4, -0.2) is 18.0 Å². The zero-order valence-corrected chi connectivity index (χ0v) is 14.0. The Kier molecular flexibility index (Phi) is 6.01. The van der Waals surface area contributed by atoms with E-state index in [9.17, 15) is 4.79 Å². The number of benzene rings is 1. The monoisotopic (exact) mass is 362 g/mol. The minimum absolute atomic E-state index is 0.154. The van der Waals surface area contributed by atoms with Crippen LogP contribution in [0.25, 0.3) is 0 Å². The summed E-state index contributed by atoms with van der Waals surface area (Å²) in [5.74, 6) is 0.213. The van der Waals surface area contributed by atoms with Gasteiger partial charge in [-0.2, -0.15) is 5.26 Å². The molecule has 2 aromatic rings. The van der Waals surface area contributed by atoms with Gasteiger partial charge in [-0.25, -0.2) is 4.98 Å². The quantitative estimate of drug-likeness (QED) is 0.622. The molecule has 0 spiro atoms. The molecule has 1 aromatic heterocycles. The van der Waals surface area contributed by atoms with Crippen molar-refractivity contribution in [3.8, 4) is 11.8 Å². The van der Waals surface area contributed by atoms with E-state index in [-0.39, 0.29) is 5.57 Å². The average molecular weight is 363 g/mol. The number of amides is 1. The van der Waals surface area contributed by atoms with Crippen LogP contribution in [0.4, 0.5) is 11.5 Å². The molecule has 0 unspecified atom stereocenters. The molecule has 0 radical (unpaired) electrons. The fraction of sp³-hybridized carbons (Fsp3) is 0.0625. The van der Waals surface area contributed by atoms with Crippen molar-refractivity contribution in [1.29, 1.82) is 5.26 Å². The molecule has 0 aliphatic heterocycles. The lowest BCUT2D eigenvalue weighted by Gasteiger charge is -2.10. The van der Waals surface area contributed by atoms with Crippen LogP contribution in [0.2, 0.25) is 10.0 Å². The number of nitriles is 1. The van der Waals surface area contributed by atoms with Gasteiger partial charge in [-0.3, -0.25) is 4.79 Å². The lowest BCUT2D eigenvalue weighted by Crippen LogP contribution is -2.15. The zero-order valence-electron chi connectivity index (χ0n) is 12.5. The van der Waals surface area contributed by atoms with E-state index in [1.807, 2.05) is 6.07 Å². The maximum atomic E-state index is 12.2. The first-order valence-electron chi connectivity index (χ1n) is 6.66. The lowest BCUT2D eigenvalue weighted by atomic mass is 10.2. The van der Waals surface area contributed by atoms with Crippen molar-refractivity contribution in [3.05, 3.63) is 58.3 Å². The van der Waals surface area contributed by atoms with Crippen molar-refractivity contribution in [1.82, 2.24) is 4.98 Å². The molecule has 0 saturated carbocycles. The largest absolute Gasteiger partial charge is 0.495 e. The maximum absolute atomic E-state index is 12.2. The molecule has 1 heterocycles. The third-order valence-electron chi connectivity index (χ3n) is 2.86. The van der Waals surface area contributed by atoms with Crippen LogP contribution >= 0.6 is 23.2 Å². The Morgan fingerprint density at radius 1 is 1.29 bits per heavy atom. The van der Waals surface area contributed by atoms with Crippen LogP contribution in [0.3, 0.4) is 0 Å². The maximum Gasteiger partial charge on any atom is 0.267 e. The van der Waals surface area contributed by atoms with Gasteiger partial charge in [0.2, 0.25) is 0 Å². The highest BCUT2D eigenvalue weighted by Gasteiger charge is 2.13. The Balaban J connectivity index is 2.16. The lowest BCUT2D eigenvalue weighted by molar-refractivity contribution is -0.112. The number of methoxy groups -OCH3 is 1. The number of aromatic nitrogens is 1. The second kappa shape index (κ2) is 8.20. The Hall–Kier alpha value is -2.75. The van der Waals surface area contributed by atoms with Gasteiger partial charge in [-0.1, -0.05) is 23.2 Å². The van der Waals surface area contributed by atoms with E-state index in [2.05, 4.69) is 15.6 Å². The molecule has 8 heteroatoms. The first kappa shape index (κ1) is 17.6. The van der Waals surface area contributed by atoms with Gasteiger partial charge in [0.15, 0.2) is 0 Å². The van der Waals surface area contributed by atoms with Crippen molar-refractivity contribution in [3.63, 3.8) is 0 Å². The highest BCUT2D eigenvalue weighted by Crippen LogP contribution is 2.28. The van der Waals surface area contributed by atoms with Gasteiger partial charge >= 0.3 is 0 Å². The van der Waals surface area contributed by atoms with Crippen LogP contribution in [0.1, 0.15) is 0 Å². The molecule has 0 aliphatic rings. The van der Waals surface area contributed by atoms with Crippen LogP contribution in [0.5, 0.6) is 5.75 Å². The number of ether oxygens (including phenoxy) is 1. The van der Waals surface area contributed by atoms with Gasteiger partial charge in [0.1, 0.15) is 23.2 Å². The number of hydrogen-bond acceptors (Lipinski definition) is 5. The molecular weight excluding hydrogens is 351 g/mol. The van der Waals surface area contributed by atoms with E-state index < -0.39 is 5.91 Å². The van der Waals surface area contributed by atoms with Gasteiger partial charge in [0.25, 0.3) is 5.91 Å². The molecule has 0 fully saturated rings. The number of anilines is 2. The van der Waals surface area contributed by atoms with Gasteiger partial charge in [-0.05, 0) is 30.3 Å². The standard InChI is InChI=1S/C16H12Cl2N4O2/c1-24-14-3-2-11(17)6-13(14)22-16(23)10(8-19)9-21-15-7-12(18)4-5-20-15/h2-7,9H,1H3,(H,20,21)(H,22,23)/b10-9-. The van der Waals surface area contributed by atoms with Crippen molar-refractivity contribution < 1.29 is 9.53 Å². The number of halogens is 2. The molecule has 2 N–H and O–H groups in total. The third kappa shape index (κ3) is 4.62. The summed E-state index contributed by atoms with van der Waals surface area (Å²) < 4.78 is 5.14. The molecular formula is C16H12Cl2N4O2. The van der Waals surface area contributed by atoms with Crippen molar-refractivity contribution in [2.45, 2.75) is 0 Å². The van der Waals surface area contributed by atoms with E-state index in [4.69, 9.17) is 33.2 Å². The van der Waals surface area contributed by atoms with Gasteiger partial charge in [-0.15, -0.1) is 0 Å². The van der Waals surface area contributed by atoms with Gasteiger partial charge < -0.3 is 15.4 Å². The first-order chi connectivity index (χ1) is 11.5. The molecule has 6 nitrogen and oxygen atoms in total. The van der Waals surface area contributed by atoms with Gasteiger partial charge in [0, 0.05) is 22.4 Å². The van der Waals surface area contributed by atoms with Gasteiger partial charge in [0.05, 0.1) is 12.8 Å². The molecule has 1 amide bonds. The summed E-state index contributed by atoms with van der Waals surface area (Å²) in [6.45, 7) is 0. The normalized spacial score (nSPS) is 10.7. The summed E-state index contributed by atoms with van der Waals surface area (Å²) >= 11 is 11.7. The minimum Gasteiger partial charge on any atom is -0.495 e. The van der Waals surface area contributed by atoms with E-state index in [0.717, 1.165) is 0 Å². The SMILES string of the molecule is COc1ccc(Cl)cc1NC(=O)/C(C#N)=C\Nc1cc(Cl)ccn1. The molecule has 0 atom stereocenters. The van der Waals surface area contributed by atoms with E-state index in [1.165, 1.54) is 25.6 Å². The van der Waals surface area contributed by atoms with E-state index in [0.29, 0.717) is 27.3 Å². The molecule has 1 aromatic carbocycles. The van der Waals surface area contributed by atoms with Crippen molar-refractivity contribution >= 4 is 40.6 Å². The molecule has 2 rings (SSSR count). The molecule has 0 aliphatic carbocycles. The Morgan fingerprint density at radius 3 is 2.71 bits per heavy atom. The summed E-state index contributed by atoms with van der Waals surface area (Å²) in [4.78, 5) is 16.2. The highest BCUT2D eigenvalue weighted by molar-refractivity contribution is 6.31. The molecule has 24 heavy (non-hydrogen) atoms. The zero-order chi connectivity index (χ0) is 17.5. The average Bonchev–Trinajstić information content (AvgIpc) is 2.55. The first-order valence-corrected chi connectivity index (χ1v) is 7.42. The number of nitrogens with zero attached hydrogens (tertiary/aromatic N) is 2. The third-order valence-corrected chi connectivity index (χ3v) is 3.33. The Bertz CT molecular complexity index is 831. The number of carbonyl (C=O) groups is 1. The van der Waals surface area contributed by atoms with Crippen LogP contribution in [0, 0.1) is 11.3 Å². The Morgan fingerprint density at radius 2 is 2.04 bits per heavy atom. The summed E-state index contributed by atoms with van der Waals surface area (Å²) in [6, 6.07) is 9.75. The molecule has 0 saturated heterocycles.